The minimum Gasteiger partial charge on any atom is -0.481 e. The van der Waals surface area contributed by atoms with Crippen molar-refractivity contribution in [2.45, 2.75) is 12.8 Å². The van der Waals surface area contributed by atoms with Crippen molar-refractivity contribution in [1.29, 1.82) is 5.41 Å². The average molecular weight is 405 g/mol. The fourth-order valence-corrected chi connectivity index (χ4v) is 3.94. The van der Waals surface area contributed by atoms with Crippen molar-refractivity contribution in [2.24, 2.45) is 18.7 Å². The number of carbonyl (C=O) groups excluding carboxylic acids is 1. The molecule has 0 spiro atoms. The zero-order valence-electron chi connectivity index (χ0n) is 16.6. The lowest BCUT2D eigenvalue weighted by atomic mass is 9.97. The Morgan fingerprint density at radius 3 is 2.53 bits per heavy atom. The number of imidazole rings is 1. The van der Waals surface area contributed by atoms with Gasteiger partial charge in [0.05, 0.1) is 17.0 Å². The zero-order chi connectivity index (χ0) is 21.4. The number of rotatable bonds is 4. The molecule has 2 aromatic carbocycles. The lowest BCUT2D eigenvalue weighted by Gasteiger charge is -2.30. The molecule has 30 heavy (non-hydrogen) atoms. The van der Waals surface area contributed by atoms with Crippen LogP contribution in [-0.2, 0) is 11.8 Å². The van der Waals surface area contributed by atoms with E-state index in [9.17, 15) is 14.7 Å². The first-order chi connectivity index (χ1) is 14.3. The number of piperidine rings is 1. The van der Waals surface area contributed by atoms with Gasteiger partial charge in [-0.05, 0) is 31.0 Å². The van der Waals surface area contributed by atoms with E-state index in [1.54, 1.807) is 29.2 Å². The highest BCUT2D eigenvalue weighted by molar-refractivity contribution is 5.98. The summed E-state index contributed by atoms with van der Waals surface area (Å²) in [5, 5.41) is 16.8. The molecule has 4 N–H and O–H groups in total. The van der Waals surface area contributed by atoms with Gasteiger partial charge in [0, 0.05) is 36.8 Å². The summed E-state index contributed by atoms with van der Waals surface area (Å²) >= 11 is 0. The number of aromatic nitrogens is 2. The number of nitrogens with two attached hydrogens (primary N) is 1. The molecule has 1 unspecified atom stereocenters. The Balaban J connectivity index is 1.64. The number of nitrogens with zero attached hydrogens (tertiary/aromatic N) is 3. The highest BCUT2D eigenvalue weighted by Gasteiger charge is 2.29. The van der Waals surface area contributed by atoms with Gasteiger partial charge in [-0.15, -0.1) is 0 Å². The number of nitrogen functional groups attached to an aromatic ring is 1. The molecule has 1 aliphatic heterocycles. The van der Waals surface area contributed by atoms with Crippen molar-refractivity contribution < 1.29 is 14.7 Å². The molecule has 0 bridgehead atoms. The monoisotopic (exact) mass is 405 g/mol. The molecule has 8 nitrogen and oxygen atoms in total. The maximum Gasteiger partial charge on any atom is 0.308 e. The van der Waals surface area contributed by atoms with Crippen LogP contribution >= 0.6 is 0 Å². The maximum atomic E-state index is 12.9. The second kappa shape index (κ2) is 7.62. The minimum atomic E-state index is -0.854. The van der Waals surface area contributed by atoms with Crippen LogP contribution in [0.4, 0.5) is 0 Å². The lowest BCUT2D eigenvalue weighted by molar-refractivity contribution is -0.143. The Hall–Kier alpha value is -3.68. The molecule has 4 rings (SSSR count). The number of aliphatic carboxylic acids is 1. The number of carbonyl (C=O) groups is 2. The molecule has 0 radical (unpaired) electrons. The lowest BCUT2D eigenvalue weighted by Crippen LogP contribution is -2.42. The van der Waals surface area contributed by atoms with Crippen LogP contribution in [0.25, 0.3) is 22.4 Å². The number of carboxylic acid groups (broad SMARTS) is 1. The van der Waals surface area contributed by atoms with Gasteiger partial charge in [0.2, 0.25) is 0 Å². The summed E-state index contributed by atoms with van der Waals surface area (Å²) in [6, 6.07) is 12.7. The number of benzene rings is 2. The topological polar surface area (TPSA) is 125 Å². The third-order valence-electron chi connectivity index (χ3n) is 5.64. The molecule has 1 aliphatic rings. The van der Waals surface area contributed by atoms with Gasteiger partial charge in [-0.3, -0.25) is 15.0 Å². The highest BCUT2D eigenvalue weighted by Crippen LogP contribution is 2.26. The van der Waals surface area contributed by atoms with Crippen molar-refractivity contribution in [1.82, 2.24) is 14.5 Å². The van der Waals surface area contributed by atoms with E-state index in [1.807, 2.05) is 29.8 Å². The number of carboxylic acids is 1. The normalized spacial score (nSPS) is 16.6. The molecule has 1 amide bonds. The molecule has 3 aromatic rings. The van der Waals surface area contributed by atoms with E-state index in [0.717, 1.165) is 16.9 Å². The third-order valence-corrected chi connectivity index (χ3v) is 5.64. The van der Waals surface area contributed by atoms with Crippen LogP contribution in [0.1, 0.15) is 28.8 Å². The molecule has 1 saturated heterocycles. The maximum absolute atomic E-state index is 12.9. The summed E-state index contributed by atoms with van der Waals surface area (Å²) in [4.78, 5) is 30.6. The Morgan fingerprint density at radius 2 is 1.87 bits per heavy atom. The van der Waals surface area contributed by atoms with Gasteiger partial charge in [0.1, 0.15) is 11.7 Å². The first kappa shape index (κ1) is 19.6. The van der Waals surface area contributed by atoms with Crippen LogP contribution in [-0.4, -0.2) is 50.4 Å². The highest BCUT2D eigenvalue weighted by atomic mass is 16.4. The number of nitrogens with one attached hydrogen (secondary N) is 1. The summed E-state index contributed by atoms with van der Waals surface area (Å²) in [6.07, 6.45) is 1.29. The molecule has 1 fully saturated rings. The Labute approximate surface area is 173 Å². The average Bonchev–Trinajstić information content (AvgIpc) is 3.09. The number of amidine groups is 1. The number of hydrogen-bond acceptors (Lipinski definition) is 4. The largest absolute Gasteiger partial charge is 0.481 e. The Kier molecular flexibility index (Phi) is 4.99. The fraction of sp³-hybridized carbons (Fsp3) is 0.273. The van der Waals surface area contributed by atoms with Crippen molar-refractivity contribution >= 4 is 28.7 Å². The zero-order valence-corrected chi connectivity index (χ0v) is 16.6. The molecule has 0 aliphatic carbocycles. The van der Waals surface area contributed by atoms with Crippen LogP contribution in [0.5, 0.6) is 0 Å². The SMILES string of the molecule is Cn1c(-c2ccc(C(=N)N)cc2)nc2cc(C(=O)N3CCCC(C(=O)O)C3)ccc21. The number of amides is 1. The summed E-state index contributed by atoms with van der Waals surface area (Å²) in [6.45, 7) is 0.804. The van der Waals surface area contributed by atoms with Crippen molar-refractivity contribution in [2.75, 3.05) is 13.1 Å². The molecule has 8 heteroatoms. The summed E-state index contributed by atoms with van der Waals surface area (Å²) in [5.41, 5.74) is 9.13. The first-order valence-electron chi connectivity index (χ1n) is 9.78. The molecule has 2 heterocycles. The van der Waals surface area contributed by atoms with Gasteiger partial charge in [-0.25, -0.2) is 4.98 Å². The van der Waals surface area contributed by atoms with Crippen LogP contribution in [0.2, 0.25) is 0 Å². The smallest absolute Gasteiger partial charge is 0.308 e. The van der Waals surface area contributed by atoms with Crippen LogP contribution in [0, 0.1) is 11.3 Å². The van der Waals surface area contributed by atoms with E-state index in [4.69, 9.17) is 16.1 Å². The molecule has 1 aromatic heterocycles. The van der Waals surface area contributed by atoms with Crippen LogP contribution in [0.15, 0.2) is 42.5 Å². The van der Waals surface area contributed by atoms with Gasteiger partial charge < -0.3 is 20.3 Å². The number of likely N-dealkylation sites (tertiary alicyclic amines) is 1. The minimum absolute atomic E-state index is 0.0116. The van der Waals surface area contributed by atoms with E-state index in [0.29, 0.717) is 36.0 Å². The molecule has 1 atom stereocenters. The molecular weight excluding hydrogens is 382 g/mol. The Morgan fingerprint density at radius 1 is 1.17 bits per heavy atom. The van der Waals surface area contributed by atoms with Crippen molar-refractivity contribution in [3.8, 4) is 11.4 Å². The van der Waals surface area contributed by atoms with E-state index >= 15 is 0 Å². The van der Waals surface area contributed by atoms with E-state index in [-0.39, 0.29) is 18.3 Å². The van der Waals surface area contributed by atoms with Gasteiger partial charge in [0.15, 0.2) is 0 Å². The third kappa shape index (κ3) is 3.52. The quantitative estimate of drug-likeness (QED) is 0.454. The van der Waals surface area contributed by atoms with Crippen LogP contribution < -0.4 is 5.73 Å². The van der Waals surface area contributed by atoms with Gasteiger partial charge in [0.25, 0.3) is 5.91 Å². The number of fused-ring (bicyclic) bond motifs is 1. The molecular formula is C22H23N5O3. The van der Waals surface area contributed by atoms with Crippen molar-refractivity contribution in [3.63, 3.8) is 0 Å². The van der Waals surface area contributed by atoms with Crippen LogP contribution in [0.3, 0.4) is 0 Å². The molecule has 0 saturated carbocycles. The molecule has 154 valence electrons. The summed E-state index contributed by atoms with van der Waals surface area (Å²) < 4.78 is 1.95. The van der Waals surface area contributed by atoms with Crippen molar-refractivity contribution in [3.05, 3.63) is 53.6 Å². The van der Waals surface area contributed by atoms with Gasteiger partial charge >= 0.3 is 5.97 Å². The summed E-state index contributed by atoms with van der Waals surface area (Å²) in [7, 11) is 1.91. The second-order valence-electron chi connectivity index (χ2n) is 7.62. The predicted molar refractivity (Wildman–Crippen MR) is 113 cm³/mol. The van der Waals surface area contributed by atoms with Gasteiger partial charge in [-0.1, -0.05) is 24.3 Å². The first-order valence-corrected chi connectivity index (χ1v) is 9.78. The van der Waals surface area contributed by atoms with E-state index in [2.05, 4.69) is 0 Å². The Bertz CT molecular complexity index is 1150. The summed E-state index contributed by atoms with van der Waals surface area (Å²) in [5.74, 6) is -0.772. The number of aryl methyl sites for hydroxylation is 1. The van der Waals surface area contributed by atoms with Gasteiger partial charge in [-0.2, -0.15) is 0 Å². The number of hydrogen-bond donors (Lipinski definition) is 3. The fourth-order valence-electron chi connectivity index (χ4n) is 3.94. The standard InChI is InChI=1S/C22H23N5O3/c1-26-18-9-8-15(21(28)27-10-2-3-16(12-27)22(29)30)11-17(18)25-20(26)14-6-4-13(5-7-14)19(23)24/h4-9,11,16H,2-3,10,12H2,1H3,(H3,23,24)(H,29,30). The second-order valence-corrected chi connectivity index (χ2v) is 7.62. The predicted octanol–water partition coefficient (Wildman–Crippen LogP) is 2.46. The van der Waals surface area contributed by atoms with E-state index < -0.39 is 11.9 Å². The van der Waals surface area contributed by atoms with E-state index in [1.165, 1.54) is 0 Å².